The average Bonchev–Trinajstić information content (AvgIpc) is 2.96. The Morgan fingerprint density at radius 3 is 2.68 bits per heavy atom. The number of amides is 2. The lowest BCUT2D eigenvalue weighted by Gasteiger charge is -2.09. The maximum Gasteiger partial charge on any atom is 0.271 e. The van der Waals surface area contributed by atoms with Gasteiger partial charge in [-0.3, -0.25) is 14.9 Å². The number of hydrogen-bond donors (Lipinski definition) is 2. The van der Waals surface area contributed by atoms with Crippen molar-refractivity contribution in [2.24, 2.45) is 0 Å². The summed E-state index contributed by atoms with van der Waals surface area (Å²) < 4.78 is 0. The van der Waals surface area contributed by atoms with E-state index in [1.165, 1.54) is 11.3 Å². The third kappa shape index (κ3) is 3.92. The fourth-order valence-electron chi connectivity index (χ4n) is 1.83. The van der Waals surface area contributed by atoms with Crippen LogP contribution in [0.15, 0.2) is 29.6 Å². The lowest BCUT2D eigenvalue weighted by Crippen LogP contribution is -2.32. The van der Waals surface area contributed by atoms with Gasteiger partial charge >= 0.3 is 0 Å². The van der Waals surface area contributed by atoms with E-state index in [0.717, 1.165) is 12.0 Å². The summed E-state index contributed by atoms with van der Waals surface area (Å²) in [5.41, 5.74) is 1.82. The fraction of sp³-hybridized carbons (Fsp3) is 0.312. The van der Waals surface area contributed by atoms with Crippen LogP contribution < -0.4 is 10.6 Å². The van der Waals surface area contributed by atoms with Crippen molar-refractivity contribution in [1.82, 2.24) is 10.3 Å². The van der Waals surface area contributed by atoms with E-state index >= 15 is 0 Å². The normalized spacial score (nSPS) is 11.8. The van der Waals surface area contributed by atoms with E-state index in [9.17, 15) is 9.59 Å². The Balaban J connectivity index is 2.05. The molecular formula is C16H19N3O2S. The molecule has 2 amide bonds. The predicted molar refractivity (Wildman–Crippen MR) is 88.5 cm³/mol. The third-order valence-electron chi connectivity index (χ3n) is 3.34. The molecule has 2 rings (SSSR count). The first-order valence-corrected chi connectivity index (χ1v) is 8.02. The number of anilines is 1. The molecule has 0 spiro atoms. The average molecular weight is 317 g/mol. The van der Waals surface area contributed by atoms with Crippen LogP contribution in [0.3, 0.4) is 0 Å². The highest BCUT2D eigenvalue weighted by atomic mass is 32.1. The Labute approximate surface area is 133 Å². The highest BCUT2D eigenvalue weighted by Gasteiger charge is 2.15. The van der Waals surface area contributed by atoms with Crippen LogP contribution in [0.5, 0.6) is 0 Å². The second kappa shape index (κ2) is 7.17. The van der Waals surface area contributed by atoms with Crippen LogP contribution in [0, 0.1) is 6.92 Å². The van der Waals surface area contributed by atoms with E-state index in [1.807, 2.05) is 39.0 Å². The number of aryl methyl sites for hydroxylation is 1. The van der Waals surface area contributed by atoms with E-state index in [-0.39, 0.29) is 17.9 Å². The summed E-state index contributed by atoms with van der Waals surface area (Å²) in [5, 5.41) is 7.64. The molecule has 0 saturated heterocycles. The maximum atomic E-state index is 12.2. The van der Waals surface area contributed by atoms with Crippen molar-refractivity contribution in [3.63, 3.8) is 0 Å². The number of rotatable bonds is 5. The lowest BCUT2D eigenvalue weighted by atomic mass is 10.1. The van der Waals surface area contributed by atoms with Gasteiger partial charge in [-0.2, -0.15) is 0 Å². The summed E-state index contributed by atoms with van der Waals surface area (Å²) in [6.07, 6.45) is 0.854. The molecule has 5 nitrogen and oxygen atoms in total. The summed E-state index contributed by atoms with van der Waals surface area (Å²) in [4.78, 5) is 28.3. The molecule has 0 aliphatic rings. The summed E-state index contributed by atoms with van der Waals surface area (Å²) in [7, 11) is 0. The number of carbonyl (C=O) groups excluding carboxylic acids is 2. The van der Waals surface area contributed by atoms with Crippen LogP contribution in [-0.4, -0.2) is 22.8 Å². The van der Waals surface area contributed by atoms with Crippen molar-refractivity contribution >= 4 is 28.3 Å². The zero-order valence-corrected chi connectivity index (χ0v) is 13.7. The number of thiazole rings is 1. The molecular weight excluding hydrogens is 298 g/mol. The van der Waals surface area contributed by atoms with Crippen molar-refractivity contribution < 1.29 is 9.59 Å². The van der Waals surface area contributed by atoms with Crippen LogP contribution >= 0.6 is 11.3 Å². The summed E-state index contributed by atoms with van der Waals surface area (Å²) in [6.45, 7) is 5.81. The van der Waals surface area contributed by atoms with Gasteiger partial charge < -0.3 is 5.32 Å². The Morgan fingerprint density at radius 2 is 2.00 bits per heavy atom. The highest BCUT2D eigenvalue weighted by Crippen LogP contribution is 2.17. The summed E-state index contributed by atoms with van der Waals surface area (Å²) in [5.74, 6) is -0.441. The van der Waals surface area contributed by atoms with Crippen molar-refractivity contribution in [3.8, 4) is 0 Å². The van der Waals surface area contributed by atoms with E-state index in [0.29, 0.717) is 16.4 Å². The van der Waals surface area contributed by atoms with Crippen LogP contribution in [0.2, 0.25) is 0 Å². The van der Waals surface area contributed by atoms with Crippen molar-refractivity contribution in [1.29, 1.82) is 0 Å². The minimum absolute atomic E-state index is 0.0965. The summed E-state index contributed by atoms with van der Waals surface area (Å²) in [6, 6.07) is 7.43. The Kier molecular flexibility index (Phi) is 5.27. The van der Waals surface area contributed by atoms with Crippen LogP contribution in [0.1, 0.15) is 46.7 Å². The standard InChI is InChI=1S/C16H19N3O2S/c1-4-11(3)17-15(21)13-9-22-16(18-13)19-14(20)12-8-6-5-7-10(12)2/h5-9,11H,4H2,1-3H3,(H,17,21)(H,18,19,20). The molecule has 1 atom stereocenters. The van der Waals surface area contributed by atoms with E-state index in [1.54, 1.807) is 11.4 Å². The number of aromatic nitrogens is 1. The minimum atomic E-state index is -0.221. The molecule has 2 aromatic rings. The fourth-order valence-corrected chi connectivity index (χ4v) is 2.51. The molecule has 1 unspecified atom stereocenters. The molecule has 0 aliphatic heterocycles. The molecule has 1 aromatic carbocycles. The predicted octanol–water partition coefficient (Wildman–Crippen LogP) is 3.23. The van der Waals surface area contributed by atoms with Gasteiger partial charge in [-0.1, -0.05) is 25.1 Å². The van der Waals surface area contributed by atoms with Crippen LogP contribution in [-0.2, 0) is 0 Å². The first kappa shape index (κ1) is 16.2. The SMILES string of the molecule is CCC(C)NC(=O)c1csc(NC(=O)c2ccccc2C)n1. The highest BCUT2D eigenvalue weighted by molar-refractivity contribution is 7.14. The lowest BCUT2D eigenvalue weighted by molar-refractivity contribution is 0.0933. The molecule has 1 heterocycles. The molecule has 0 aliphatic carbocycles. The van der Waals surface area contributed by atoms with Gasteiger partial charge in [-0.15, -0.1) is 11.3 Å². The molecule has 0 bridgehead atoms. The van der Waals surface area contributed by atoms with Gasteiger partial charge in [0, 0.05) is 17.0 Å². The molecule has 22 heavy (non-hydrogen) atoms. The molecule has 0 fully saturated rings. The Morgan fingerprint density at radius 1 is 1.27 bits per heavy atom. The molecule has 6 heteroatoms. The zero-order chi connectivity index (χ0) is 16.1. The number of nitrogens with one attached hydrogen (secondary N) is 2. The number of hydrogen-bond acceptors (Lipinski definition) is 4. The third-order valence-corrected chi connectivity index (χ3v) is 4.09. The number of nitrogens with zero attached hydrogens (tertiary/aromatic N) is 1. The van der Waals surface area contributed by atoms with Gasteiger partial charge in [0.15, 0.2) is 5.13 Å². The van der Waals surface area contributed by atoms with Gasteiger partial charge in [-0.05, 0) is 31.9 Å². The monoisotopic (exact) mass is 317 g/mol. The van der Waals surface area contributed by atoms with E-state index in [2.05, 4.69) is 15.6 Å². The first-order valence-electron chi connectivity index (χ1n) is 7.14. The maximum absolute atomic E-state index is 12.2. The first-order chi connectivity index (χ1) is 10.5. The van der Waals surface area contributed by atoms with Gasteiger partial charge in [0.2, 0.25) is 0 Å². The largest absolute Gasteiger partial charge is 0.348 e. The van der Waals surface area contributed by atoms with Gasteiger partial charge in [-0.25, -0.2) is 4.98 Å². The Bertz CT molecular complexity index is 682. The van der Waals surface area contributed by atoms with Crippen LogP contribution in [0.25, 0.3) is 0 Å². The van der Waals surface area contributed by atoms with E-state index < -0.39 is 0 Å². The summed E-state index contributed by atoms with van der Waals surface area (Å²) >= 11 is 1.24. The van der Waals surface area contributed by atoms with Crippen LogP contribution in [0.4, 0.5) is 5.13 Å². The van der Waals surface area contributed by atoms with E-state index in [4.69, 9.17) is 0 Å². The van der Waals surface area contributed by atoms with Crippen molar-refractivity contribution in [2.45, 2.75) is 33.2 Å². The smallest absolute Gasteiger partial charge is 0.271 e. The van der Waals surface area contributed by atoms with Gasteiger partial charge in [0.1, 0.15) is 5.69 Å². The van der Waals surface area contributed by atoms with Crippen molar-refractivity contribution in [2.75, 3.05) is 5.32 Å². The second-order valence-electron chi connectivity index (χ2n) is 5.09. The number of carbonyl (C=O) groups is 2. The quantitative estimate of drug-likeness (QED) is 0.889. The number of benzene rings is 1. The zero-order valence-electron chi connectivity index (χ0n) is 12.8. The molecule has 1 aromatic heterocycles. The molecule has 0 radical (unpaired) electrons. The molecule has 116 valence electrons. The van der Waals surface area contributed by atoms with Gasteiger partial charge in [0.25, 0.3) is 11.8 Å². The molecule has 0 saturated carbocycles. The minimum Gasteiger partial charge on any atom is -0.348 e. The second-order valence-corrected chi connectivity index (χ2v) is 5.95. The molecule has 2 N–H and O–H groups in total. The Hall–Kier alpha value is -2.21. The van der Waals surface area contributed by atoms with Crippen molar-refractivity contribution in [3.05, 3.63) is 46.5 Å². The topological polar surface area (TPSA) is 71.1 Å². The van der Waals surface area contributed by atoms with Gasteiger partial charge in [0.05, 0.1) is 0 Å².